The van der Waals surface area contributed by atoms with Gasteiger partial charge in [0.1, 0.15) is 11.5 Å². The second kappa shape index (κ2) is 4.45. The van der Waals surface area contributed by atoms with E-state index < -0.39 is 5.97 Å². The number of fused-ring (bicyclic) bond motifs is 1. The summed E-state index contributed by atoms with van der Waals surface area (Å²) in [5.74, 6) is -1.36. The summed E-state index contributed by atoms with van der Waals surface area (Å²) in [7, 11) is 0. The number of aromatic carboxylic acids is 1. The van der Waals surface area contributed by atoms with Crippen LogP contribution < -0.4 is 0 Å². The van der Waals surface area contributed by atoms with Gasteiger partial charge in [-0.05, 0) is 31.2 Å². The quantitative estimate of drug-likeness (QED) is 0.778. The van der Waals surface area contributed by atoms with Gasteiger partial charge in [0.05, 0.1) is 11.3 Å². The molecular formula is C15H11FN2O2. The maximum atomic E-state index is 13.8. The highest BCUT2D eigenvalue weighted by molar-refractivity contribution is 5.87. The molecule has 0 saturated heterocycles. The van der Waals surface area contributed by atoms with Crippen molar-refractivity contribution in [2.24, 2.45) is 0 Å². The van der Waals surface area contributed by atoms with Crippen LogP contribution in [0.2, 0.25) is 0 Å². The Morgan fingerprint density at radius 2 is 2.00 bits per heavy atom. The molecule has 0 aliphatic heterocycles. The van der Waals surface area contributed by atoms with E-state index in [1.165, 1.54) is 18.3 Å². The van der Waals surface area contributed by atoms with Crippen LogP contribution in [0.4, 0.5) is 4.39 Å². The molecule has 100 valence electrons. The molecule has 0 unspecified atom stereocenters. The minimum Gasteiger partial charge on any atom is -0.478 e. The molecule has 0 atom stereocenters. The van der Waals surface area contributed by atoms with Crippen LogP contribution >= 0.6 is 0 Å². The summed E-state index contributed by atoms with van der Waals surface area (Å²) in [6.45, 7) is 1.79. The minimum atomic E-state index is -1.01. The zero-order chi connectivity index (χ0) is 14.3. The van der Waals surface area contributed by atoms with E-state index in [0.717, 1.165) is 0 Å². The molecule has 1 aromatic carbocycles. The van der Waals surface area contributed by atoms with Gasteiger partial charge in [-0.1, -0.05) is 12.1 Å². The second-order valence-corrected chi connectivity index (χ2v) is 4.48. The third-order valence-electron chi connectivity index (χ3n) is 3.23. The van der Waals surface area contributed by atoms with Crippen LogP contribution in [0.5, 0.6) is 0 Å². The molecule has 0 fully saturated rings. The van der Waals surface area contributed by atoms with Crippen LogP contribution in [-0.2, 0) is 0 Å². The Labute approximate surface area is 114 Å². The van der Waals surface area contributed by atoms with Gasteiger partial charge in [0.2, 0.25) is 0 Å². The first kappa shape index (κ1) is 12.3. The van der Waals surface area contributed by atoms with Gasteiger partial charge in [-0.15, -0.1) is 0 Å². The smallest absolute Gasteiger partial charge is 0.337 e. The van der Waals surface area contributed by atoms with Gasteiger partial charge in [-0.3, -0.25) is 0 Å². The molecule has 3 aromatic rings. The van der Waals surface area contributed by atoms with Gasteiger partial charge in [-0.2, -0.15) is 0 Å². The summed E-state index contributed by atoms with van der Waals surface area (Å²) in [4.78, 5) is 15.4. The number of carboxylic acid groups (broad SMARTS) is 1. The molecule has 1 N–H and O–H groups in total. The minimum absolute atomic E-state index is 0.165. The Bertz CT molecular complexity index is 824. The lowest BCUT2D eigenvalue weighted by atomic mass is 10.1. The van der Waals surface area contributed by atoms with Crippen LogP contribution in [0.25, 0.3) is 16.9 Å². The number of pyridine rings is 1. The molecule has 0 aliphatic carbocycles. The van der Waals surface area contributed by atoms with Gasteiger partial charge in [-0.25, -0.2) is 14.2 Å². The molecule has 2 heterocycles. The third kappa shape index (κ3) is 1.84. The Morgan fingerprint density at radius 3 is 2.70 bits per heavy atom. The van der Waals surface area contributed by atoms with Gasteiger partial charge in [0.15, 0.2) is 0 Å². The molecule has 0 amide bonds. The fourth-order valence-corrected chi connectivity index (χ4v) is 2.20. The highest BCUT2D eigenvalue weighted by Crippen LogP contribution is 2.26. The van der Waals surface area contributed by atoms with Crippen molar-refractivity contribution in [3.05, 3.63) is 59.7 Å². The van der Waals surface area contributed by atoms with E-state index >= 15 is 0 Å². The van der Waals surface area contributed by atoms with Crippen molar-refractivity contribution < 1.29 is 14.3 Å². The van der Waals surface area contributed by atoms with E-state index in [0.29, 0.717) is 22.6 Å². The molecule has 0 aliphatic rings. The first-order chi connectivity index (χ1) is 9.58. The normalized spacial score (nSPS) is 10.9. The first-order valence-electron chi connectivity index (χ1n) is 6.05. The van der Waals surface area contributed by atoms with E-state index in [4.69, 9.17) is 5.11 Å². The van der Waals surface area contributed by atoms with Gasteiger partial charge >= 0.3 is 5.97 Å². The van der Waals surface area contributed by atoms with E-state index in [1.807, 2.05) is 0 Å². The fraction of sp³-hybridized carbons (Fsp3) is 0.0667. The standard InChI is InChI=1S/C15H11FN2O2/c1-9-14(11-4-2-3-5-12(11)16)17-13-7-6-10(15(19)20)8-18(9)13/h2-8H,1H3,(H,19,20). The van der Waals surface area contributed by atoms with Crippen molar-refractivity contribution in [3.8, 4) is 11.3 Å². The lowest BCUT2D eigenvalue weighted by Gasteiger charge is -2.01. The molecule has 0 bridgehead atoms. The zero-order valence-corrected chi connectivity index (χ0v) is 10.7. The number of hydrogen-bond donors (Lipinski definition) is 1. The Balaban J connectivity index is 2.26. The Kier molecular flexibility index (Phi) is 2.75. The van der Waals surface area contributed by atoms with Crippen molar-refractivity contribution in [2.45, 2.75) is 6.92 Å². The maximum Gasteiger partial charge on any atom is 0.337 e. The van der Waals surface area contributed by atoms with Crippen molar-refractivity contribution in [1.29, 1.82) is 0 Å². The number of rotatable bonds is 2. The molecule has 0 spiro atoms. The van der Waals surface area contributed by atoms with E-state index in [9.17, 15) is 9.18 Å². The first-order valence-corrected chi connectivity index (χ1v) is 6.05. The van der Waals surface area contributed by atoms with Crippen LogP contribution in [0.1, 0.15) is 16.1 Å². The lowest BCUT2D eigenvalue weighted by Crippen LogP contribution is -1.99. The van der Waals surface area contributed by atoms with Gasteiger partial charge < -0.3 is 9.51 Å². The number of aryl methyl sites for hydroxylation is 1. The molecule has 2 aromatic heterocycles. The number of aromatic nitrogens is 2. The van der Waals surface area contributed by atoms with E-state index in [-0.39, 0.29) is 11.4 Å². The predicted octanol–water partition coefficient (Wildman–Crippen LogP) is 3.15. The monoisotopic (exact) mass is 270 g/mol. The van der Waals surface area contributed by atoms with Crippen LogP contribution in [0.15, 0.2) is 42.6 Å². The zero-order valence-electron chi connectivity index (χ0n) is 10.7. The fourth-order valence-electron chi connectivity index (χ4n) is 2.20. The van der Waals surface area contributed by atoms with E-state index in [2.05, 4.69) is 4.98 Å². The van der Waals surface area contributed by atoms with Crippen LogP contribution in [0, 0.1) is 12.7 Å². The van der Waals surface area contributed by atoms with Crippen molar-refractivity contribution in [3.63, 3.8) is 0 Å². The van der Waals surface area contributed by atoms with E-state index in [1.54, 1.807) is 35.6 Å². The topological polar surface area (TPSA) is 54.6 Å². The molecule has 0 saturated carbocycles. The summed E-state index contributed by atoms with van der Waals surface area (Å²) in [5, 5.41) is 9.01. The predicted molar refractivity (Wildman–Crippen MR) is 72.3 cm³/mol. The number of halogens is 1. The Morgan fingerprint density at radius 1 is 1.25 bits per heavy atom. The molecular weight excluding hydrogens is 259 g/mol. The summed E-state index contributed by atoms with van der Waals surface area (Å²) < 4.78 is 15.5. The molecule has 0 radical (unpaired) electrons. The van der Waals surface area contributed by atoms with Crippen molar-refractivity contribution in [1.82, 2.24) is 9.38 Å². The molecule has 4 nitrogen and oxygen atoms in total. The summed E-state index contributed by atoms with van der Waals surface area (Å²) in [6, 6.07) is 9.48. The van der Waals surface area contributed by atoms with Crippen LogP contribution in [0.3, 0.4) is 0 Å². The highest BCUT2D eigenvalue weighted by atomic mass is 19.1. The average Bonchev–Trinajstić information content (AvgIpc) is 2.76. The SMILES string of the molecule is Cc1c(-c2ccccc2F)nc2ccc(C(=O)O)cn12. The maximum absolute atomic E-state index is 13.8. The van der Waals surface area contributed by atoms with Crippen molar-refractivity contribution in [2.75, 3.05) is 0 Å². The van der Waals surface area contributed by atoms with Gasteiger partial charge in [0, 0.05) is 17.5 Å². The van der Waals surface area contributed by atoms with Gasteiger partial charge in [0.25, 0.3) is 0 Å². The number of nitrogens with zero attached hydrogens (tertiary/aromatic N) is 2. The number of benzene rings is 1. The lowest BCUT2D eigenvalue weighted by molar-refractivity contribution is 0.0696. The third-order valence-corrected chi connectivity index (χ3v) is 3.23. The Hall–Kier alpha value is -2.69. The molecule has 20 heavy (non-hydrogen) atoms. The number of carboxylic acids is 1. The second-order valence-electron chi connectivity index (χ2n) is 4.48. The number of imidazole rings is 1. The molecule has 3 rings (SSSR count). The van der Waals surface area contributed by atoms with Crippen LogP contribution in [-0.4, -0.2) is 20.5 Å². The summed E-state index contributed by atoms with van der Waals surface area (Å²) in [6.07, 6.45) is 1.49. The number of hydrogen-bond acceptors (Lipinski definition) is 2. The van der Waals surface area contributed by atoms with Crippen molar-refractivity contribution >= 4 is 11.6 Å². The highest BCUT2D eigenvalue weighted by Gasteiger charge is 2.14. The summed E-state index contributed by atoms with van der Waals surface area (Å²) >= 11 is 0. The molecule has 5 heteroatoms. The average molecular weight is 270 g/mol. The number of carbonyl (C=O) groups is 1. The summed E-state index contributed by atoms with van der Waals surface area (Å²) in [5.41, 5.74) is 2.38. The largest absolute Gasteiger partial charge is 0.478 e.